The van der Waals surface area contributed by atoms with Gasteiger partial charge in [0, 0.05) is 21.7 Å². The molecule has 5 aromatic carbocycles. The van der Waals surface area contributed by atoms with E-state index in [1.807, 2.05) is 66.7 Å². The van der Waals surface area contributed by atoms with Crippen LogP contribution in [0.5, 0.6) is 11.5 Å². The highest BCUT2D eigenvalue weighted by Gasteiger charge is 2.24. The van der Waals surface area contributed by atoms with Crippen LogP contribution in [0.4, 0.5) is 10.8 Å². The molecule has 3 amide bonds. The van der Waals surface area contributed by atoms with Crippen molar-refractivity contribution >= 4 is 67.9 Å². The minimum Gasteiger partial charge on any atom is -0.493 e. The molecular formula is C39H32N4O5S2. The Bertz CT molecular complexity index is 2120. The zero-order chi connectivity index (χ0) is 34.9. The number of benzene rings is 5. The van der Waals surface area contributed by atoms with Crippen LogP contribution < -0.4 is 25.4 Å². The van der Waals surface area contributed by atoms with E-state index >= 15 is 0 Å². The number of methoxy groups -OCH3 is 2. The minimum atomic E-state index is -0.566. The molecular weight excluding hydrogens is 669 g/mol. The Kier molecular flexibility index (Phi) is 10.9. The molecule has 1 atom stereocenters. The number of carbonyl (C=O) groups excluding carboxylic acids is 3. The lowest BCUT2D eigenvalue weighted by atomic mass is 10.1. The zero-order valence-electron chi connectivity index (χ0n) is 27.1. The summed E-state index contributed by atoms with van der Waals surface area (Å²) in [6.07, 6.45) is 1.54. The van der Waals surface area contributed by atoms with Crippen molar-refractivity contribution in [1.29, 1.82) is 0 Å². The third-order valence-electron chi connectivity index (χ3n) is 7.49. The summed E-state index contributed by atoms with van der Waals surface area (Å²) in [5, 5.41) is 8.59. The summed E-state index contributed by atoms with van der Waals surface area (Å²) < 4.78 is 12.0. The number of hydrogen-bond donors (Lipinski definition) is 3. The van der Waals surface area contributed by atoms with Crippen molar-refractivity contribution in [2.45, 2.75) is 10.1 Å². The number of thioether (sulfide) groups is 1. The maximum atomic E-state index is 13.7. The van der Waals surface area contributed by atoms with Gasteiger partial charge in [-0.15, -0.1) is 11.8 Å². The van der Waals surface area contributed by atoms with Gasteiger partial charge in [0.25, 0.3) is 11.8 Å². The zero-order valence-corrected chi connectivity index (χ0v) is 28.7. The van der Waals surface area contributed by atoms with Crippen molar-refractivity contribution in [3.8, 4) is 11.5 Å². The smallest absolute Gasteiger partial charge is 0.272 e. The first-order valence-corrected chi connectivity index (χ1v) is 17.2. The van der Waals surface area contributed by atoms with E-state index in [1.165, 1.54) is 43.4 Å². The van der Waals surface area contributed by atoms with Crippen LogP contribution in [0, 0.1) is 0 Å². The molecule has 11 heteroatoms. The minimum absolute atomic E-state index is 0.000446. The summed E-state index contributed by atoms with van der Waals surface area (Å²) in [4.78, 5) is 45.8. The van der Waals surface area contributed by atoms with Crippen LogP contribution in [0.15, 0.2) is 138 Å². The molecule has 6 aromatic rings. The number of anilines is 2. The fraction of sp³-hybridized carbons (Fsp3) is 0.0769. The number of nitrogens with zero attached hydrogens (tertiary/aromatic N) is 1. The number of hydrogen-bond acceptors (Lipinski definition) is 8. The summed E-state index contributed by atoms with van der Waals surface area (Å²) in [7, 11) is 3.03. The molecule has 1 unspecified atom stereocenters. The lowest BCUT2D eigenvalue weighted by Gasteiger charge is -2.17. The second-order valence-electron chi connectivity index (χ2n) is 10.8. The highest BCUT2D eigenvalue weighted by Crippen LogP contribution is 2.38. The first kappa shape index (κ1) is 34.0. The molecule has 0 aliphatic heterocycles. The number of nitrogens with one attached hydrogen (secondary N) is 3. The van der Waals surface area contributed by atoms with Crippen molar-refractivity contribution in [3.05, 3.63) is 150 Å². The van der Waals surface area contributed by atoms with E-state index < -0.39 is 17.1 Å². The summed E-state index contributed by atoms with van der Waals surface area (Å²) in [5.74, 6) is -0.301. The van der Waals surface area contributed by atoms with Crippen LogP contribution >= 0.6 is 23.1 Å². The molecule has 0 spiro atoms. The van der Waals surface area contributed by atoms with E-state index in [0.29, 0.717) is 33.4 Å². The molecule has 50 heavy (non-hydrogen) atoms. The first-order valence-electron chi connectivity index (χ1n) is 15.5. The number of ether oxygens (including phenoxy) is 2. The average molecular weight is 701 g/mol. The number of para-hydroxylation sites is 2. The first-order chi connectivity index (χ1) is 24.4. The van der Waals surface area contributed by atoms with Gasteiger partial charge >= 0.3 is 0 Å². The highest BCUT2D eigenvalue weighted by atomic mass is 32.2. The predicted octanol–water partition coefficient (Wildman–Crippen LogP) is 8.20. The molecule has 9 nitrogen and oxygen atoms in total. The molecule has 0 saturated heterocycles. The van der Waals surface area contributed by atoms with E-state index in [9.17, 15) is 14.4 Å². The van der Waals surface area contributed by atoms with Gasteiger partial charge in [-0.3, -0.25) is 14.4 Å². The number of rotatable bonds is 12. The second kappa shape index (κ2) is 16.0. The van der Waals surface area contributed by atoms with Crippen molar-refractivity contribution in [3.63, 3.8) is 0 Å². The standard InChI is InChI=1S/C39H32N4O5S2/c1-47-32-18-11-16-27(34(32)48-2)24-31(41-36(44)26-14-7-4-8-15-26)37(45)40-28-20-22-29(23-21-28)49-35(25-12-5-3-6-13-25)38(46)43-39-42-30-17-9-10-19-33(30)50-39/h3-24,35H,1-2H3,(H,40,45)(H,41,44)(H,42,43,46)/b31-24-. The van der Waals surface area contributed by atoms with Gasteiger partial charge in [-0.1, -0.05) is 84.1 Å². The van der Waals surface area contributed by atoms with Crippen molar-refractivity contribution in [2.75, 3.05) is 24.9 Å². The van der Waals surface area contributed by atoms with Crippen LogP contribution in [-0.2, 0) is 9.59 Å². The quantitative estimate of drug-likeness (QED) is 0.0870. The van der Waals surface area contributed by atoms with Crippen LogP contribution in [0.25, 0.3) is 16.3 Å². The Morgan fingerprint density at radius 1 is 0.760 bits per heavy atom. The monoisotopic (exact) mass is 700 g/mol. The molecule has 3 N–H and O–H groups in total. The Labute approximate surface area is 297 Å². The third-order valence-corrected chi connectivity index (χ3v) is 9.71. The van der Waals surface area contributed by atoms with E-state index in [0.717, 1.165) is 20.7 Å². The second-order valence-corrected chi connectivity index (χ2v) is 13.0. The van der Waals surface area contributed by atoms with Gasteiger partial charge in [-0.05, 0) is 66.2 Å². The maximum Gasteiger partial charge on any atom is 0.272 e. The fourth-order valence-corrected chi connectivity index (χ4v) is 6.97. The van der Waals surface area contributed by atoms with Crippen molar-refractivity contribution in [2.24, 2.45) is 0 Å². The summed E-state index contributed by atoms with van der Waals surface area (Å²) in [6.45, 7) is 0. The predicted molar refractivity (Wildman–Crippen MR) is 200 cm³/mol. The van der Waals surface area contributed by atoms with Crippen LogP contribution in [-0.4, -0.2) is 36.9 Å². The van der Waals surface area contributed by atoms with E-state index in [2.05, 4.69) is 20.9 Å². The van der Waals surface area contributed by atoms with Crippen molar-refractivity contribution in [1.82, 2.24) is 10.3 Å². The van der Waals surface area contributed by atoms with Crippen molar-refractivity contribution < 1.29 is 23.9 Å². The van der Waals surface area contributed by atoms with Gasteiger partial charge in [-0.25, -0.2) is 4.98 Å². The van der Waals surface area contributed by atoms with E-state index in [1.54, 1.807) is 60.7 Å². The number of carbonyl (C=O) groups is 3. The molecule has 1 aromatic heterocycles. The summed E-state index contributed by atoms with van der Waals surface area (Å²) in [5.41, 5.74) is 3.09. The maximum absolute atomic E-state index is 13.7. The fourth-order valence-electron chi connectivity index (χ4n) is 5.07. The Balaban J connectivity index is 1.21. The molecule has 1 heterocycles. The molecule has 0 aliphatic rings. The van der Waals surface area contributed by atoms with Crippen LogP contribution in [0.2, 0.25) is 0 Å². The summed E-state index contributed by atoms with van der Waals surface area (Å²) in [6, 6.07) is 38.3. The molecule has 0 bridgehead atoms. The normalized spacial score (nSPS) is 11.8. The third kappa shape index (κ3) is 8.20. The van der Waals surface area contributed by atoms with Gasteiger partial charge in [-0.2, -0.15) is 0 Å². The lowest BCUT2D eigenvalue weighted by molar-refractivity contribution is -0.116. The van der Waals surface area contributed by atoms with Gasteiger partial charge in [0.2, 0.25) is 5.91 Å². The van der Waals surface area contributed by atoms with Gasteiger partial charge in [0.05, 0.1) is 24.4 Å². The molecule has 0 saturated carbocycles. The summed E-state index contributed by atoms with van der Waals surface area (Å²) >= 11 is 2.81. The number of fused-ring (bicyclic) bond motifs is 1. The Morgan fingerprint density at radius 3 is 2.16 bits per heavy atom. The Hall–Kier alpha value is -5.91. The largest absolute Gasteiger partial charge is 0.493 e. The van der Waals surface area contributed by atoms with E-state index in [4.69, 9.17) is 9.47 Å². The Morgan fingerprint density at radius 2 is 1.46 bits per heavy atom. The molecule has 6 rings (SSSR count). The number of thiazole rings is 1. The highest BCUT2D eigenvalue weighted by molar-refractivity contribution is 8.00. The van der Waals surface area contributed by atoms with Crippen LogP contribution in [0.3, 0.4) is 0 Å². The lowest BCUT2D eigenvalue weighted by Crippen LogP contribution is -2.30. The van der Waals surface area contributed by atoms with E-state index in [-0.39, 0.29) is 11.6 Å². The topological polar surface area (TPSA) is 119 Å². The molecule has 0 aliphatic carbocycles. The SMILES string of the molecule is COc1cccc(/C=C(\NC(=O)c2ccccc2)C(=O)Nc2ccc(SC(C(=O)Nc3nc4ccccc4s3)c3ccccc3)cc2)c1OC. The number of aromatic nitrogens is 1. The van der Waals surface area contributed by atoms with Gasteiger partial charge < -0.3 is 25.4 Å². The number of amides is 3. The molecule has 0 fully saturated rings. The molecule has 250 valence electrons. The van der Waals surface area contributed by atoms with Gasteiger partial charge in [0.1, 0.15) is 10.9 Å². The molecule has 0 radical (unpaired) electrons. The van der Waals surface area contributed by atoms with Crippen LogP contribution in [0.1, 0.15) is 26.7 Å². The van der Waals surface area contributed by atoms with Gasteiger partial charge in [0.15, 0.2) is 16.6 Å². The average Bonchev–Trinajstić information content (AvgIpc) is 3.57.